The molecular formula is C16H15ClF3NO4. The number of pyridine rings is 1. The maximum absolute atomic E-state index is 12.7. The number of hydrogen-bond acceptors (Lipinski definition) is 5. The molecule has 0 spiro atoms. The number of rotatable bonds is 7. The molecule has 1 aromatic carbocycles. The molecule has 25 heavy (non-hydrogen) atoms. The van der Waals surface area contributed by atoms with Crippen molar-refractivity contribution in [3.63, 3.8) is 0 Å². The molecule has 0 aliphatic carbocycles. The molecule has 136 valence electrons. The minimum atomic E-state index is -4.55. The summed E-state index contributed by atoms with van der Waals surface area (Å²) in [5.41, 5.74) is -0.359. The van der Waals surface area contributed by atoms with Crippen molar-refractivity contribution in [3.8, 4) is 17.4 Å². The molecule has 9 heteroatoms. The van der Waals surface area contributed by atoms with Crippen molar-refractivity contribution in [1.29, 1.82) is 0 Å². The summed E-state index contributed by atoms with van der Waals surface area (Å²) in [6.07, 6.45) is -3.64. The second kappa shape index (κ2) is 8.37. The summed E-state index contributed by atoms with van der Waals surface area (Å²) in [7, 11) is 1.46. The Morgan fingerprint density at radius 1 is 1.24 bits per heavy atom. The highest BCUT2D eigenvalue weighted by Gasteiger charge is 2.31. The Labute approximate surface area is 146 Å². The molecule has 0 aliphatic rings. The molecule has 2 aromatic rings. The van der Waals surface area contributed by atoms with Gasteiger partial charge in [0.1, 0.15) is 16.5 Å². The van der Waals surface area contributed by atoms with Gasteiger partial charge >= 0.3 is 6.18 Å². The third kappa shape index (κ3) is 5.22. The third-order valence-electron chi connectivity index (χ3n) is 3.10. The van der Waals surface area contributed by atoms with E-state index in [9.17, 15) is 13.2 Å². The Bertz CT molecular complexity index is 725. The minimum Gasteiger partial charge on any atom is -0.467 e. The number of benzene rings is 1. The zero-order chi connectivity index (χ0) is 18.4. The number of aliphatic hydroxyl groups excluding tert-OH is 1. The molecule has 0 aliphatic heterocycles. The standard InChI is InChI=1S/C16H15ClF3NO4/c1-23-9-24-12-3-2-10(4-5-22)14(7-12)25-15-13(17)6-11(8-21-15)16(18,19)20/h2-3,6-8,22H,4-5,9H2,1H3. The number of methoxy groups -OCH3 is 1. The molecule has 0 amide bonds. The fourth-order valence-corrected chi connectivity index (χ4v) is 2.14. The predicted octanol–water partition coefficient (Wildman–Crippen LogP) is 4.06. The molecule has 1 N–H and O–H groups in total. The lowest BCUT2D eigenvalue weighted by Crippen LogP contribution is -2.06. The average molecular weight is 378 g/mol. The van der Waals surface area contributed by atoms with E-state index in [1.165, 1.54) is 13.2 Å². The first-order valence-corrected chi connectivity index (χ1v) is 7.49. The predicted molar refractivity (Wildman–Crippen MR) is 84.1 cm³/mol. The van der Waals surface area contributed by atoms with Crippen LogP contribution >= 0.6 is 11.6 Å². The molecule has 0 fully saturated rings. The number of halogens is 4. The van der Waals surface area contributed by atoms with Crippen LogP contribution in [-0.4, -0.2) is 30.6 Å². The average Bonchev–Trinajstić information content (AvgIpc) is 2.56. The summed E-state index contributed by atoms with van der Waals surface area (Å²) in [5.74, 6) is 0.496. The quantitative estimate of drug-likeness (QED) is 0.737. The van der Waals surface area contributed by atoms with Crippen LogP contribution in [0, 0.1) is 0 Å². The molecule has 1 heterocycles. The largest absolute Gasteiger partial charge is 0.467 e. The summed E-state index contributed by atoms with van der Waals surface area (Å²) < 4.78 is 53.6. The van der Waals surface area contributed by atoms with Crippen molar-refractivity contribution in [2.75, 3.05) is 20.5 Å². The Hall–Kier alpha value is -2.03. The normalized spacial score (nSPS) is 11.4. The van der Waals surface area contributed by atoms with Gasteiger partial charge in [-0.05, 0) is 24.1 Å². The van der Waals surface area contributed by atoms with Gasteiger partial charge in [-0.2, -0.15) is 13.2 Å². The van der Waals surface area contributed by atoms with Crippen LogP contribution < -0.4 is 9.47 Å². The molecular weight excluding hydrogens is 363 g/mol. The fraction of sp³-hybridized carbons (Fsp3) is 0.312. The van der Waals surface area contributed by atoms with Crippen molar-refractivity contribution in [1.82, 2.24) is 4.98 Å². The molecule has 0 saturated heterocycles. The number of nitrogens with zero attached hydrogens (tertiary/aromatic N) is 1. The third-order valence-corrected chi connectivity index (χ3v) is 3.38. The molecule has 1 aromatic heterocycles. The first kappa shape index (κ1) is 19.3. The van der Waals surface area contributed by atoms with Gasteiger partial charge in [0.05, 0.1) is 5.56 Å². The highest BCUT2D eigenvalue weighted by atomic mass is 35.5. The molecule has 0 radical (unpaired) electrons. The van der Waals surface area contributed by atoms with E-state index in [1.807, 2.05) is 0 Å². The summed E-state index contributed by atoms with van der Waals surface area (Å²) in [6, 6.07) is 5.56. The number of alkyl halides is 3. The first-order valence-electron chi connectivity index (χ1n) is 7.11. The monoisotopic (exact) mass is 377 g/mol. The fourth-order valence-electron chi connectivity index (χ4n) is 1.93. The summed E-state index contributed by atoms with van der Waals surface area (Å²) in [4.78, 5) is 3.63. The van der Waals surface area contributed by atoms with Gasteiger partial charge in [-0.25, -0.2) is 4.98 Å². The Kier molecular flexibility index (Phi) is 6.46. The lowest BCUT2D eigenvalue weighted by atomic mass is 10.1. The highest BCUT2D eigenvalue weighted by Crippen LogP contribution is 2.36. The van der Waals surface area contributed by atoms with Gasteiger partial charge in [0.25, 0.3) is 0 Å². The van der Waals surface area contributed by atoms with Crippen molar-refractivity contribution < 1.29 is 32.5 Å². The lowest BCUT2D eigenvalue weighted by Gasteiger charge is -2.14. The highest BCUT2D eigenvalue weighted by molar-refractivity contribution is 6.31. The molecule has 0 atom stereocenters. The SMILES string of the molecule is COCOc1ccc(CCO)c(Oc2ncc(C(F)(F)F)cc2Cl)c1. The van der Waals surface area contributed by atoms with Crippen molar-refractivity contribution in [3.05, 3.63) is 46.6 Å². The van der Waals surface area contributed by atoms with Gasteiger partial charge in [-0.3, -0.25) is 0 Å². The van der Waals surface area contributed by atoms with E-state index >= 15 is 0 Å². The zero-order valence-corrected chi connectivity index (χ0v) is 13.9. The Morgan fingerprint density at radius 3 is 2.60 bits per heavy atom. The van der Waals surface area contributed by atoms with Crippen LogP contribution in [0.15, 0.2) is 30.5 Å². The van der Waals surface area contributed by atoms with Crippen LogP contribution in [0.5, 0.6) is 17.4 Å². The van der Waals surface area contributed by atoms with Gasteiger partial charge < -0.3 is 19.3 Å². The van der Waals surface area contributed by atoms with Crippen molar-refractivity contribution in [2.45, 2.75) is 12.6 Å². The van der Waals surface area contributed by atoms with E-state index in [1.54, 1.807) is 12.1 Å². The Morgan fingerprint density at radius 2 is 2.00 bits per heavy atom. The van der Waals surface area contributed by atoms with Crippen LogP contribution in [0.4, 0.5) is 13.2 Å². The van der Waals surface area contributed by atoms with E-state index in [4.69, 9.17) is 30.9 Å². The second-order valence-corrected chi connectivity index (χ2v) is 5.31. The van der Waals surface area contributed by atoms with Crippen molar-refractivity contribution >= 4 is 11.6 Å². The topological polar surface area (TPSA) is 60.8 Å². The lowest BCUT2D eigenvalue weighted by molar-refractivity contribution is -0.137. The van der Waals surface area contributed by atoms with E-state index in [0.29, 0.717) is 17.5 Å². The molecule has 0 saturated carbocycles. The smallest absolute Gasteiger partial charge is 0.417 e. The maximum Gasteiger partial charge on any atom is 0.417 e. The van der Waals surface area contributed by atoms with Crippen LogP contribution in [0.25, 0.3) is 0 Å². The minimum absolute atomic E-state index is 0.0120. The van der Waals surface area contributed by atoms with Crippen LogP contribution in [0.2, 0.25) is 5.02 Å². The van der Waals surface area contributed by atoms with E-state index < -0.39 is 11.7 Å². The van der Waals surface area contributed by atoms with Crippen LogP contribution in [0.1, 0.15) is 11.1 Å². The van der Waals surface area contributed by atoms with Gasteiger partial charge in [0.2, 0.25) is 5.88 Å². The van der Waals surface area contributed by atoms with Gasteiger partial charge in [-0.15, -0.1) is 0 Å². The molecule has 0 bridgehead atoms. The summed E-state index contributed by atoms with van der Waals surface area (Å²) in [6.45, 7) is -0.124. The first-order chi connectivity index (χ1) is 11.8. The van der Waals surface area contributed by atoms with E-state index in [2.05, 4.69) is 4.98 Å². The number of ether oxygens (including phenoxy) is 3. The number of hydrogen-bond donors (Lipinski definition) is 1. The van der Waals surface area contributed by atoms with Gasteiger partial charge in [-0.1, -0.05) is 17.7 Å². The maximum atomic E-state index is 12.7. The van der Waals surface area contributed by atoms with Crippen LogP contribution in [-0.2, 0) is 17.3 Å². The van der Waals surface area contributed by atoms with Crippen molar-refractivity contribution in [2.24, 2.45) is 0 Å². The van der Waals surface area contributed by atoms with E-state index in [0.717, 1.165) is 6.07 Å². The van der Waals surface area contributed by atoms with E-state index in [-0.39, 0.29) is 36.5 Å². The summed E-state index contributed by atoms with van der Waals surface area (Å²) in [5, 5.41) is 8.84. The Balaban J connectivity index is 2.31. The molecule has 5 nitrogen and oxygen atoms in total. The number of aromatic nitrogens is 1. The van der Waals surface area contributed by atoms with Gasteiger partial charge in [0, 0.05) is 26.0 Å². The number of aliphatic hydroxyl groups is 1. The second-order valence-electron chi connectivity index (χ2n) is 4.90. The van der Waals surface area contributed by atoms with Gasteiger partial charge in [0.15, 0.2) is 6.79 Å². The van der Waals surface area contributed by atoms with Crippen LogP contribution in [0.3, 0.4) is 0 Å². The zero-order valence-electron chi connectivity index (χ0n) is 13.1. The molecule has 2 rings (SSSR count). The summed E-state index contributed by atoms with van der Waals surface area (Å²) >= 11 is 5.85. The molecule has 0 unspecified atom stereocenters.